The number of rotatable bonds is 4. The van der Waals surface area contributed by atoms with Gasteiger partial charge in [0.1, 0.15) is 5.75 Å². The highest BCUT2D eigenvalue weighted by atomic mass is 79.9. The normalized spacial score (nSPS) is 17.9. The summed E-state index contributed by atoms with van der Waals surface area (Å²) in [4.78, 5) is 4.87. The molecule has 0 unspecified atom stereocenters. The van der Waals surface area contributed by atoms with Crippen LogP contribution in [0.1, 0.15) is 19.4 Å². The van der Waals surface area contributed by atoms with Crippen molar-refractivity contribution in [3.63, 3.8) is 0 Å². The van der Waals surface area contributed by atoms with E-state index in [4.69, 9.17) is 4.74 Å². The van der Waals surface area contributed by atoms with Crippen LogP contribution in [0.3, 0.4) is 0 Å². The Balaban J connectivity index is 2.10. The molecule has 0 bridgehead atoms. The maximum absolute atomic E-state index is 5.92. The Morgan fingerprint density at radius 1 is 1.21 bits per heavy atom. The van der Waals surface area contributed by atoms with Crippen LogP contribution >= 0.6 is 15.9 Å². The monoisotopic (exact) mass is 326 g/mol. The summed E-state index contributed by atoms with van der Waals surface area (Å²) in [5, 5.41) is 0. The van der Waals surface area contributed by atoms with Crippen LogP contribution in [0.2, 0.25) is 0 Å². The molecule has 0 N–H and O–H groups in total. The van der Waals surface area contributed by atoms with Gasteiger partial charge in [0, 0.05) is 42.8 Å². The summed E-state index contributed by atoms with van der Waals surface area (Å²) in [5.74, 6) is 1.00. The van der Waals surface area contributed by atoms with Crippen LogP contribution in [0.5, 0.6) is 5.75 Å². The Hall–Kier alpha value is -0.580. The zero-order valence-corrected chi connectivity index (χ0v) is 13.6. The topological polar surface area (TPSA) is 15.7 Å². The number of piperazine rings is 1. The van der Waals surface area contributed by atoms with E-state index in [2.05, 4.69) is 58.8 Å². The zero-order valence-electron chi connectivity index (χ0n) is 12.0. The first kappa shape index (κ1) is 14.8. The molecule has 0 amide bonds. The third-order valence-corrected chi connectivity index (χ3v) is 4.16. The van der Waals surface area contributed by atoms with Crippen LogP contribution in [0, 0.1) is 0 Å². The van der Waals surface area contributed by atoms with Crippen LogP contribution < -0.4 is 4.74 Å². The molecule has 0 atom stereocenters. The van der Waals surface area contributed by atoms with Gasteiger partial charge in [-0.3, -0.25) is 4.90 Å². The number of nitrogens with zero attached hydrogens (tertiary/aromatic N) is 2. The van der Waals surface area contributed by atoms with Gasteiger partial charge in [-0.2, -0.15) is 0 Å². The Bertz CT molecular complexity index is 415. The van der Waals surface area contributed by atoms with Crippen molar-refractivity contribution < 1.29 is 4.74 Å². The van der Waals surface area contributed by atoms with Gasteiger partial charge in [-0.15, -0.1) is 0 Å². The first-order chi connectivity index (χ1) is 9.06. The number of hydrogen-bond acceptors (Lipinski definition) is 3. The van der Waals surface area contributed by atoms with E-state index in [0.717, 1.165) is 42.9 Å². The third-order valence-electron chi connectivity index (χ3n) is 3.42. The lowest BCUT2D eigenvalue weighted by Gasteiger charge is -2.33. The molecule has 0 aromatic heterocycles. The van der Waals surface area contributed by atoms with Gasteiger partial charge in [-0.05, 0) is 33.0 Å². The molecule has 3 nitrogen and oxygen atoms in total. The molecule has 106 valence electrons. The molecule has 0 saturated carbocycles. The van der Waals surface area contributed by atoms with Gasteiger partial charge < -0.3 is 9.64 Å². The Morgan fingerprint density at radius 2 is 1.89 bits per heavy atom. The maximum Gasteiger partial charge on any atom is 0.125 e. The largest absolute Gasteiger partial charge is 0.491 e. The summed E-state index contributed by atoms with van der Waals surface area (Å²) >= 11 is 3.66. The van der Waals surface area contributed by atoms with Crippen molar-refractivity contribution in [1.29, 1.82) is 0 Å². The first-order valence-corrected chi connectivity index (χ1v) is 7.70. The SMILES string of the molecule is CC(C)Oc1cccc(Br)c1CN1CCN(C)CC1. The Labute approximate surface area is 124 Å². The first-order valence-electron chi connectivity index (χ1n) is 6.91. The minimum Gasteiger partial charge on any atom is -0.491 e. The summed E-state index contributed by atoms with van der Waals surface area (Å²) in [7, 11) is 2.18. The fraction of sp³-hybridized carbons (Fsp3) is 0.600. The van der Waals surface area contributed by atoms with Crippen LogP contribution in [-0.2, 0) is 6.54 Å². The van der Waals surface area contributed by atoms with Crippen molar-refractivity contribution in [3.8, 4) is 5.75 Å². The van der Waals surface area contributed by atoms with E-state index in [9.17, 15) is 0 Å². The van der Waals surface area contributed by atoms with Crippen molar-refractivity contribution in [3.05, 3.63) is 28.2 Å². The summed E-state index contributed by atoms with van der Waals surface area (Å²) < 4.78 is 7.06. The molecule has 4 heteroatoms. The molecule has 1 aliphatic heterocycles. The molecule has 1 aliphatic rings. The molecule has 1 fully saturated rings. The summed E-state index contributed by atoms with van der Waals surface area (Å²) in [5.41, 5.74) is 1.26. The molecular weight excluding hydrogens is 304 g/mol. The smallest absolute Gasteiger partial charge is 0.125 e. The summed E-state index contributed by atoms with van der Waals surface area (Å²) in [6.07, 6.45) is 0.209. The molecule has 19 heavy (non-hydrogen) atoms. The van der Waals surface area contributed by atoms with E-state index in [1.54, 1.807) is 0 Å². The second-order valence-corrected chi connectivity index (χ2v) is 6.32. The quantitative estimate of drug-likeness (QED) is 0.846. The molecule has 0 radical (unpaired) electrons. The molecule has 0 spiro atoms. The van der Waals surface area contributed by atoms with E-state index in [1.165, 1.54) is 5.56 Å². The average Bonchev–Trinajstić information content (AvgIpc) is 2.35. The molecule has 1 heterocycles. The van der Waals surface area contributed by atoms with Crippen LogP contribution in [-0.4, -0.2) is 49.1 Å². The highest BCUT2D eigenvalue weighted by Crippen LogP contribution is 2.29. The summed E-state index contributed by atoms with van der Waals surface area (Å²) in [6.45, 7) is 9.63. The van der Waals surface area contributed by atoms with Crippen LogP contribution in [0.4, 0.5) is 0 Å². The van der Waals surface area contributed by atoms with E-state index in [0.29, 0.717) is 0 Å². The number of hydrogen-bond donors (Lipinski definition) is 0. The van der Waals surface area contributed by atoms with Gasteiger partial charge in [0.25, 0.3) is 0 Å². The number of ether oxygens (including phenoxy) is 1. The van der Waals surface area contributed by atoms with E-state index in [1.807, 2.05) is 6.07 Å². The van der Waals surface area contributed by atoms with Gasteiger partial charge in [0.05, 0.1) is 6.10 Å². The van der Waals surface area contributed by atoms with Gasteiger partial charge in [0.2, 0.25) is 0 Å². The van der Waals surface area contributed by atoms with E-state index < -0.39 is 0 Å². The number of halogens is 1. The molecule has 1 aromatic carbocycles. The molecule has 1 saturated heterocycles. The van der Waals surface area contributed by atoms with Crippen LogP contribution in [0.25, 0.3) is 0 Å². The van der Waals surface area contributed by atoms with Gasteiger partial charge in [-0.1, -0.05) is 22.0 Å². The number of likely N-dealkylation sites (N-methyl/N-ethyl adjacent to an activating group) is 1. The highest BCUT2D eigenvalue weighted by molar-refractivity contribution is 9.10. The second-order valence-electron chi connectivity index (χ2n) is 5.46. The van der Waals surface area contributed by atoms with Crippen molar-refractivity contribution in [2.24, 2.45) is 0 Å². The zero-order chi connectivity index (χ0) is 13.8. The maximum atomic E-state index is 5.92. The standard InChI is InChI=1S/C15H23BrN2O/c1-12(2)19-15-6-4-5-14(16)13(15)11-18-9-7-17(3)8-10-18/h4-6,12H,7-11H2,1-3H3. The van der Waals surface area contributed by atoms with Gasteiger partial charge in [-0.25, -0.2) is 0 Å². The molecular formula is C15H23BrN2O. The summed E-state index contributed by atoms with van der Waals surface area (Å²) in [6, 6.07) is 6.20. The third kappa shape index (κ3) is 4.20. The fourth-order valence-corrected chi connectivity index (χ4v) is 2.76. The van der Waals surface area contributed by atoms with Crippen molar-refractivity contribution >= 4 is 15.9 Å². The van der Waals surface area contributed by atoms with E-state index in [-0.39, 0.29) is 6.10 Å². The highest BCUT2D eigenvalue weighted by Gasteiger charge is 2.17. The predicted molar refractivity (Wildman–Crippen MR) is 82.7 cm³/mol. The lowest BCUT2D eigenvalue weighted by molar-refractivity contribution is 0.145. The fourth-order valence-electron chi connectivity index (χ4n) is 2.29. The lowest BCUT2D eigenvalue weighted by atomic mass is 10.1. The second kappa shape index (κ2) is 6.73. The molecule has 2 rings (SSSR count). The molecule has 0 aliphatic carbocycles. The predicted octanol–water partition coefficient (Wildman–Crippen LogP) is 2.98. The minimum absolute atomic E-state index is 0.209. The van der Waals surface area contributed by atoms with Crippen molar-refractivity contribution in [1.82, 2.24) is 9.80 Å². The van der Waals surface area contributed by atoms with Gasteiger partial charge >= 0.3 is 0 Å². The lowest BCUT2D eigenvalue weighted by Crippen LogP contribution is -2.44. The van der Waals surface area contributed by atoms with E-state index >= 15 is 0 Å². The van der Waals surface area contributed by atoms with Gasteiger partial charge in [0.15, 0.2) is 0 Å². The number of benzene rings is 1. The van der Waals surface area contributed by atoms with Crippen molar-refractivity contribution in [2.45, 2.75) is 26.5 Å². The Kier molecular flexibility index (Phi) is 5.25. The van der Waals surface area contributed by atoms with Crippen molar-refractivity contribution in [2.75, 3.05) is 33.2 Å². The Morgan fingerprint density at radius 3 is 2.53 bits per heavy atom. The molecule has 1 aromatic rings. The minimum atomic E-state index is 0.209. The average molecular weight is 327 g/mol. The van der Waals surface area contributed by atoms with Crippen LogP contribution in [0.15, 0.2) is 22.7 Å².